The molecule has 1 aliphatic rings. The molecule has 0 spiro atoms. The number of carbonyl (C=O) groups excluding carboxylic acids is 5. The quantitative estimate of drug-likeness (QED) is 0.0406. The fourth-order valence-electron chi connectivity index (χ4n) is 10.7. The van der Waals surface area contributed by atoms with Gasteiger partial charge in [0.05, 0.1) is 42.7 Å². The number of rotatable bonds is 31. The predicted octanol–water partition coefficient (Wildman–Crippen LogP) is 8.64. The van der Waals surface area contributed by atoms with Crippen LogP contribution >= 0.6 is 0 Å². The summed E-state index contributed by atoms with van der Waals surface area (Å²) >= 11 is 0. The van der Waals surface area contributed by atoms with Crippen LogP contribution < -0.4 is 16.0 Å². The maximum absolute atomic E-state index is 14.7. The minimum absolute atomic E-state index is 0.00652. The van der Waals surface area contributed by atoms with Gasteiger partial charge in [-0.3, -0.25) is 24.1 Å². The zero-order valence-corrected chi connectivity index (χ0v) is 47.6. The molecule has 0 aliphatic carbocycles. The van der Waals surface area contributed by atoms with Crippen LogP contribution in [0.5, 0.6) is 0 Å². The Morgan fingerprint density at radius 3 is 2.01 bits per heavy atom. The Morgan fingerprint density at radius 2 is 1.40 bits per heavy atom. The highest BCUT2D eigenvalue weighted by Gasteiger charge is 2.44. The second-order valence-electron chi connectivity index (χ2n) is 21.5. The highest BCUT2D eigenvalue weighted by atomic mass is 16.5. The molecule has 17 heteroatoms. The topological polar surface area (TPSA) is 198 Å². The van der Waals surface area contributed by atoms with Gasteiger partial charge in [0.2, 0.25) is 35.4 Å². The molecule has 422 valence electrons. The van der Waals surface area contributed by atoms with Crippen LogP contribution in [0, 0.1) is 23.7 Å². The molecular weight excluding hydrogens is 977 g/mol. The van der Waals surface area contributed by atoms with Gasteiger partial charge in [-0.25, -0.2) is 4.79 Å². The van der Waals surface area contributed by atoms with Crippen LogP contribution in [-0.4, -0.2) is 139 Å². The minimum atomic E-state index is -0.829. The Bertz CT molecular complexity index is 2410. The first kappa shape index (κ1) is 61.7. The van der Waals surface area contributed by atoms with E-state index >= 15 is 0 Å². The average Bonchev–Trinajstić information content (AvgIpc) is 4.13. The van der Waals surface area contributed by atoms with Crippen LogP contribution in [0.25, 0.3) is 11.5 Å². The maximum Gasteiger partial charge on any atom is 0.407 e. The summed E-state index contributed by atoms with van der Waals surface area (Å²) in [4.78, 5) is 75.6. The van der Waals surface area contributed by atoms with Crippen molar-refractivity contribution < 1.29 is 42.6 Å². The molecule has 3 N–H and O–H groups in total. The second kappa shape index (κ2) is 31.3. The molecule has 5 rings (SSSR count). The number of nitrogens with zero attached hydrogens (tertiary/aromatic N) is 5. The van der Waals surface area contributed by atoms with Gasteiger partial charge in [-0.1, -0.05) is 147 Å². The Balaban J connectivity index is 1.19. The fourth-order valence-corrected chi connectivity index (χ4v) is 10.7. The van der Waals surface area contributed by atoms with Gasteiger partial charge in [-0.05, 0) is 80.3 Å². The van der Waals surface area contributed by atoms with E-state index in [0.29, 0.717) is 44.8 Å². The summed E-state index contributed by atoms with van der Waals surface area (Å²) in [5, 5.41) is 17.8. The summed E-state index contributed by atoms with van der Waals surface area (Å²) in [6, 6.07) is 26.0. The number of hydrogen-bond donors (Lipinski definition) is 3. The summed E-state index contributed by atoms with van der Waals surface area (Å²) < 4.78 is 23.7. The molecule has 9 atom stereocenters. The number of carbonyl (C=O) groups is 5. The van der Waals surface area contributed by atoms with E-state index in [4.69, 9.17) is 18.6 Å². The number of aromatic nitrogens is 2. The zero-order valence-electron chi connectivity index (χ0n) is 47.6. The molecule has 5 amide bonds. The molecule has 1 aliphatic heterocycles. The van der Waals surface area contributed by atoms with Crippen LogP contribution in [0.2, 0.25) is 0 Å². The van der Waals surface area contributed by atoms with Crippen molar-refractivity contribution in [3.8, 4) is 11.5 Å². The molecular formula is C60H88N8O9. The first-order valence-corrected chi connectivity index (χ1v) is 27.8. The first-order valence-electron chi connectivity index (χ1n) is 27.8. The van der Waals surface area contributed by atoms with Crippen LogP contribution in [0.4, 0.5) is 4.79 Å². The summed E-state index contributed by atoms with van der Waals surface area (Å²) in [7, 11) is 6.84. The highest BCUT2D eigenvalue weighted by molar-refractivity contribution is 5.90. The number of benzene rings is 3. The summed E-state index contributed by atoms with van der Waals surface area (Å²) in [6.45, 7) is 15.7. The van der Waals surface area contributed by atoms with Gasteiger partial charge in [0.15, 0.2) is 0 Å². The van der Waals surface area contributed by atoms with E-state index in [-0.39, 0.29) is 60.3 Å². The summed E-state index contributed by atoms with van der Waals surface area (Å²) in [6.07, 6.45) is 4.24. The first-order chi connectivity index (χ1) is 37.0. The SMILES string of the molecule is CC[C@H](C)[C@@H]([C@@H](CC(=O)N1CCC[C@H]1[C@H](OC)[C@@H](C)C(=O)N[C@@H](Cc1ccccc1)c1nnc(-c2ccccc2)o1)OC)N(C)C(=O)[C@@H](NC(=O)[C@H](C(C)C)N(C)CCCCCCNC(=O)OCc1ccccc1)C(C)C. The Kier molecular flexibility index (Phi) is 25.1. The van der Waals surface area contributed by atoms with Crippen molar-refractivity contribution in [2.75, 3.05) is 47.9 Å². The van der Waals surface area contributed by atoms with Crippen molar-refractivity contribution in [2.45, 2.75) is 155 Å². The van der Waals surface area contributed by atoms with Crippen LogP contribution in [-0.2, 0) is 46.4 Å². The van der Waals surface area contributed by atoms with E-state index in [9.17, 15) is 24.0 Å². The van der Waals surface area contributed by atoms with Crippen LogP contribution in [0.3, 0.4) is 0 Å². The van der Waals surface area contributed by atoms with E-state index < -0.39 is 54.4 Å². The van der Waals surface area contributed by atoms with Crippen molar-refractivity contribution >= 4 is 29.7 Å². The maximum atomic E-state index is 14.7. The van der Waals surface area contributed by atoms with Crippen molar-refractivity contribution in [3.63, 3.8) is 0 Å². The number of nitrogens with one attached hydrogen (secondary N) is 3. The van der Waals surface area contributed by atoms with Crippen molar-refractivity contribution in [1.29, 1.82) is 0 Å². The standard InChI is InChI=1S/C60H88N8O9/c1-12-42(6)53(67(9)59(72)51(40(2)3)63-56(71)52(41(4)5)66(8)35-25-14-13-24-34-61-60(73)76-39-45-29-20-16-21-30-45)49(74-10)38-50(69)68-36-26-33-48(68)54(75-11)43(7)55(70)62-47(37-44-27-18-15-19-28-44)58-65-64-57(77-58)46-31-22-17-23-32-46/h15-23,27-32,40-43,47-49,51-54H,12-14,24-26,33-39H2,1-11H3,(H,61,73)(H,62,70)(H,63,71)/t42-,43+,47-,48-,49+,51-,52-,53-,54+/m0/s1. The van der Waals surface area contributed by atoms with Crippen molar-refractivity contribution in [2.24, 2.45) is 23.7 Å². The third-order valence-corrected chi connectivity index (χ3v) is 15.1. The van der Waals surface area contributed by atoms with E-state index in [2.05, 4.69) is 38.0 Å². The third-order valence-electron chi connectivity index (χ3n) is 15.1. The van der Waals surface area contributed by atoms with Gasteiger partial charge in [0.1, 0.15) is 18.7 Å². The molecule has 1 saturated heterocycles. The van der Waals surface area contributed by atoms with E-state index in [1.54, 1.807) is 26.2 Å². The molecule has 0 bridgehead atoms. The van der Waals surface area contributed by atoms with Gasteiger partial charge in [-0.2, -0.15) is 0 Å². The molecule has 0 radical (unpaired) electrons. The predicted molar refractivity (Wildman–Crippen MR) is 298 cm³/mol. The van der Waals surface area contributed by atoms with Gasteiger partial charge in [0.25, 0.3) is 0 Å². The lowest BCUT2D eigenvalue weighted by Gasteiger charge is -2.41. The third kappa shape index (κ3) is 17.9. The number of amides is 5. The smallest absolute Gasteiger partial charge is 0.407 e. The average molecular weight is 1070 g/mol. The number of alkyl carbamates (subject to hydrolysis) is 1. The lowest BCUT2D eigenvalue weighted by atomic mass is 9.89. The molecule has 17 nitrogen and oxygen atoms in total. The van der Waals surface area contributed by atoms with Gasteiger partial charge in [0, 0.05) is 46.3 Å². The summed E-state index contributed by atoms with van der Waals surface area (Å²) in [5.74, 6) is -1.29. The van der Waals surface area contributed by atoms with Crippen molar-refractivity contribution in [3.05, 3.63) is 108 Å². The number of unbranched alkanes of at least 4 members (excludes halogenated alkanes) is 3. The molecule has 77 heavy (non-hydrogen) atoms. The largest absolute Gasteiger partial charge is 0.445 e. The zero-order chi connectivity index (χ0) is 56.0. The Labute approximate surface area is 457 Å². The molecule has 1 aromatic heterocycles. The normalized spacial score (nSPS) is 16.8. The number of likely N-dealkylation sites (tertiary alicyclic amines) is 1. The molecule has 1 fully saturated rings. The number of likely N-dealkylation sites (N-methyl/N-ethyl adjacent to an activating group) is 2. The van der Waals surface area contributed by atoms with Crippen LogP contribution in [0.15, 0.2) is 95.4 Å². The van der Waals surface area contributed by atoms with Gasteiger partial charge >= 0.3 is 6.09 Å². The van der Waals surface area contributed by atoms with Crippen LogP contribution in [0.1, 0.15) is 123 Å². The van der Waals surface area contributed by atoms with Crippen molar-refractivity contribution in [1.82, 2.24) is 40.8 Å². The Hall–Kier alpha value is -6.17. The highest BCUT2D eigenvalue weighted by Crippen LogP contribution is 2.31. The van der Waals surface area contributed by atoms with Gasteiger partial charge in [-0.15, -0.1) is 10.2 Å². The molecule has 0 saturated carbocycles. The van der Waals surface area contributed by atoms with Gasteiger partial charge < -0.3 is 44.4 Å². The summed E-state index contributed by atoms with van der Waals surface area (Å²) in [5.41, 5.74) is 2.68. The monoisotopic (exact) mass is 1060 g/mol. The molecule has 2 heterocycles. The lowest BCUT2D eigenvalue weighted by molar-refractivity contribution is -0.148. The molecule has 3 aromatic carbocycles. The van der Waals surface area contributed by atoms with E-state index in [1.165, 1.54) is 0 Å². The molecule has 4 aromatic rings. The number of hydrogen-bond acceptors (Lipinski definition) is 12. The number of methoxy groups -OCH3 is 2. The van der Waals surface area contributed by atoms with E-state index in [1.807, 2.05) is 144 Å². The number of ether oxygens (including phenoxy) is 3. The second-order valence-corrected chi connectivity index (χ2v) is 21.5. The minimum Gasteiger partial charge on any atom is -0.445 e. The lowest BCUT2D eigenvalue weighted by Crippen LogP contribution is -2.60. The molecule has 0 unspecified atom stereocenters. The fraction of sp³-hybridized carbons (Fsp3) is 0.583. The van der Waals surface area contributed by atoms with E-state index in [0.717, 1.165) is 48.8 Å². The Morgan fingerprint density at radius 1 is 0.766 bits per heavy atom.